The molecule has 0 aliphatic carbocycles. The third kappa shape index (κ3) is 3.51. The van der Waals surface area contributed by atoms with Gasteiger partial charge in [-0.15, -0.1) is 0 Å². The van der Waals surface area contributed by atoms with Crippen molar-refractivity contribution in [1.29, 1.82) is 0 Å². The van der Waals surface area contributed by atoms with E-state index in [-0.39, 0.29) is 11.6 Å². The van der Waals surface area contributed by atoms with Crippen LogP contribution in [-0.2, 0) is 17.9 Å². The number of hydrogen-bond acceptors (Lipinski definition) is 5. The summed E-state index contributed by atoms with van der Waals surface area (Å²) >= 11 is 0. The molecule has 7 heteroatoms. The molecule has 1 aliphatic rings. The molecule has 4 rings (SSSR count). The first kappa shape index (κ1) is 17.9. The minimum absolute atomic E-state index is 0.0393. The van der Waals surface area contributed by atoms with E-state index in [9.17, 15) is 14.9 Å². The SMILES string of the molecule is O=C(CCCNc1ccc([N+](=O)[O-])c2cnccc12)N1Cc2ccccc2C1. The maximum atomic E-state index is 12.5. The van der Waals surface area contributed by atoms with Gasteiger partial charge in [0.2, 0.25) is 5.91 Å². The standard InChI is InChI=1S/C21H20N4O3/c26-21(24-13-15-4-1-2-5-16(15)14-24)6-3-10-23-19-7-8-20(25(27)28)18-12-22-11-9-17(18)19/h1-2,4-5,7-9,11-12,23H,3,6,10,13-14H2. The molecule has 3 aromatic rings. The van der Waals surface area contributed by atoms with E-state index in [1.165, 1.54) is 23.4 Å². The lowest BCUT2D eigenvalue weighted by Crippen LogP contribution is -2.25. The van der Waals surface area contributed by atoms with Gasteiger partial charge < -0.3 is 10.2 Å². The molecular weight excluding hydrogens is 356 g/mol. The molecular formula is C21H20N4O3. The first-order valence-electron chi connectivity index (χ1n) is 9.23. The molecule has 1 N–H and O–H groups in total. The Bertz CT molecular complexity index is 1030. The van der Waals surface area contributed by atoms with Crippen molar-refractivity contribution in [3.05, 3.63) is 76.1 Å². The number of amides is 1. The van der Waals surface area contributed by atoms with Crippen LogP contribution in [0.3, 0.4) is 0 Å². The summed E-state index contributed by atoms with van der Waals surface area (Å²) in [4.78, 5) is 29.1. The van der Waals surface area contributed by atoms with E-state index in [1.807, 2.05) is 17.0 Å². The van der Waals surface area contributed by atoms with Crippen LogP contribution in [0.1, 0.15) is 24.0 Å². The maximum Gasteiger partial charge on any atom is 0.278 e. The number of anilines is 1. The molecule has 1 amide bonds. The van der Waals surface area contributed by atoms with Crippen LogP contribution in [0.5, 0.6) is 0 Å². The molecule has 142 valence electrons. The van der Waals surface area contributed by atoms with E-state index < -0.39 is 4.92 Å². The number of carbonyl (C=O) groups excluding carboxylic acids is 1. The molecule has 2 aromatic carbocycles. The fraction of sp³-hybridized carbons (Fsp3) is 0.238. The lowest BCUT2D eigenvalue weighted by molar-refractivity contribution is -0.383. The summed E-state index contributed by atoms with van der Waals surface area (Å²) in [7, 11) is 0. The number of nitrogens with one attached hydrogen (secondary N) is 1. The van der Waals surface area contributed by atoms with Crippen molar-refractivity contribution in [3.63, 3.8) is 0 Å². The van der Waals surface area contributed by atoms with Crippen LogP contribution in [0.15, 0.2) is 54.9 Å². The number of rotatable bonds is 6. The normalized spacial score (nSPS) is 12.8. The highest BCUT2D eigenvalue weighted by molar-refractivity contribution is 5.99. The van der Waals surface area contributed by atoms with Crippen LogP contribution in [0.25, 0.3) is 10.8 Å². The zero-order valence-electron chi connectivity index (χ0n) is 15.3. The minimum atomic E-state index is -0.402. The van der Waals surface area contributed by atoms with Gasteiger partial charge in [0, 0.05) is 55.6 Å². The van der Waals surface area contributed by atoms with Crippen LogP contribution in [0, 0.1) is 10.1 Å². The predicted octanol–water partition coefficient (Wildman–Crippen LogP) is 3.88. The van der Waals surface area contributed by atoms with Gasteiger partial charge in [-0.25, -0.2) is 0 Å². The molecule has 0 fully saturated rings. The minimum Gasteiger partial charge on any atom is -0.385 e. The molecule has 0 unspecified atom stereocenters. The average molecular weight is 376 g/mol. The van der Waals surface area contributed by atoms with Crippen LogP contribution < -0.4 is 5.32 Å². The number of pyridine rings is 1. The van der Waals surface area contributed by atoms with Gasteiger partial charge in [0.1, 0.15) is 0 Å². The van der Waals surface area contributed by atoms with Crippen LogP contribution >= 0.6 is 0 Å². The fourth-order valence-electron chi connectivity index (χ4n) is 3.62. The molecule has 28 heavy (non-hydrogen) atoms. The van der Waals surface area contributed by atoms with Crippen molar-refractivity contribution in [2.24, 2.45) is 0 Å². The molecule has 0 atom stereocenters. The first-order valence-corrected chi connectivity index (χ1v) is 9.23. The second-order valence-electron chi connectivity index (χ2n) is 6.86. The van der Waals surface area contributed by atoms with Crippen LogP contribution in [-0.4, -0.2) is 27.3 Å². The van der Waals surface area contributed by atoms with E-state index in [1.54, 1.807) is 18.3 Å². The molecule has 1 aromatic heterocycles. The van der Waals surface area contributed by atoms with Crippen LogP contribution in [0.4, 0.5) is 11.4 Å². The van der Waals surface area contributed by atoms with Gasteiger partial charge in [-0.05, 0) is 29.7 Å². The Morgan fingerprint density at radius 1 is 1.11 bits per heavy atom. The topological polar surface area (TPSA) is 88.4 Å². The summed E-state index contributed by atoms with van der Waals surface area (Å²) in [6.07, 6.45) is 4.28. The number of carbonyl (C=O) groups is 1. The molecule has 0 saturated carbocycles. The fourth-order valence-corrected chi connectivity index (χ4v) is 3.62. The molecule has 0 spiro atoms. The number of fused-ring (bicyclic) bond motifs is 2. The Morgan fingerprint density at radius 3 is 2.57 bits per heavy atom. The number of nitro groups is 1. The van der Waals surface area contributed by atoms with Gasteiger partial charge >= 0.3 is 0 Å². The predicted molar refractivity (Wildman–Crippen MR) is 107 cm³/mol. The lowest BCUT2D eigenvalue weighted by Gasteiger charge is -2.16. The Kier molecular flexibility index (Phi) is 4.89. The van der Waals surface area contributed by atoms with Crippen molar-refractivity contribution < 1.29 is 9.72 Å². The van der Waals surface area contributed by atoms with Crippen molar-refractivity contribution in [2.75, 3.05) is 11.9 Å². The Balaban J connectivity index is 1.34. The number of non-ortho nitro benzene ring substituents is 1. The average Bonchev–Trinajstić information content (AvgIpc) is 3.15. The van der Waals surface area contributed by atoms with Crippen molar-refractivity contribution in [2.45, 2.75) is 25.9 Å². The van der Waals surface area contributed by atoms with Gasteiger partial charge in [-0.2, -0.15) is 0 Å². The Labute approximate surface area is 162 Å². The summed E-state index contributed by atoms with van der Waals surface area (Å²) in [6, 6.07) is 13.1. The van der Waals surface area contributed by atoms with E-state index >= 15 is 0 Å². The third-order valence-corrected chi connectivity index (χ3v) is 5.07. The second kappa shape index (κ2) is 7.64. The van der Waals surface area contributed by atoms with Crippen LogP contribution in [0.2, 0.25) is 0 Å². The second-order valence-corrected chi connectivity index (χ2v) is 6.86. The number of benzene rings is 2. The number of aromatic nitrogens is 1. The summed E-state index contributed by atoms with van der Waals surface area (Å²) in [5, 5.41) is 15.7. The van der Waals surface area contributed by atoms with Gasteiger partial charge in [0.15, 0.2) is 0 Å². The van der Waals surface area contributed by atoms with E-state index in [0.29, 0.717) is 37.9 Å². The van der Waals surface area contributed by atoms with Crippen molar-refractivity contribution >= 4 is 28.1 Å². The van der Waals surface area contributed by atoms with Crippen molar-refractivity contribution in [1.82, 2.24) is 9.88 Å². The molecule has 1 aliphatic heterocycles. The highest BCUT2D eigenvalue weighted by atomic mass is 16.6. The van der Waals surface area contributed by atoms with Crippen molar-refractivity contribution in [3.8, 4) is 0 Å². The zero-order chi connectivity index (χ0) is 19.5. The van der Waals surface area contributed by atoms with Gasteiger partial charge in [0.25, 0.3) is 5.69 Å². The first-order chi connectivity index (χ1) is 13.6. The highest BCUT2D eigenvalue weighted by Gasteiger charge is 2.22. The van der Waals surface area contributed by atoms with Gasteiger partial charge in [0.05, 0.1) is 10.3 Å². The molecule has 0 bridgehead atoms. The number of hydrogen-bond donors (Lipinski definition) is 1. The zero-order valence-corrected chi connectivity index (χ0v) is 15.3. The van der Waals surface area contributed by atoms with Gasteiger partial charge in [-0.3, -0.25) is 19.9 Å². The molecule has 0 saturated heterocycles. The summed E-state index contributed by atoms with van der Waals surface area (Å²) in [5.41, 5.74) is 3.29. The van der Waals surface area contributed by atoms with Gasteiger partial charge in [-0.1, -0.05) is 24.3 Å². The smallest absolute Gasteiger partial charge is 0.278 e. The summed E-state index contributed by atoms with van der Waals surface area (Å²) in [5.74, 6) is 0.149. The summed E-state index contributed by atoms with van der Waals surface area (Å²) in [6.45, 7) is 1.98. The van der Waals surface area contributed by atoms with E-state index in [4.69, 9.17) is 0 Å². The molecule has 0 radical (unpaired) electrons. The Morgan fingerprint density at radius 2 is 1.86 bits per heavy atom. The monoisotopic (exact) mass is 376 g/mol. The largest absolute Gasteiger partial charge is 0.385 e. The highest BCUT2D eigenvalue weighted by Crippen LogP contribution is 2.30. The third-order valence-electron chi connectivity index (χ3n) is 5.07. The Hall–Kier alpha value is -3.48. The van der Waals surface area contributed by atoms with E-state index in [2.05, 4.69) is 22.4 Å². The van der Waals surface area contributed by atoms with E-state index in [0.717, 1.165) is 11.1 Å². The molecule has 7 nitrogen and oxygen atoms in total. The maximum absolute atomic E-state index is 12.5. The number of nitro benzene ring substituents is 1. The quantitative estimate of drug-likeness (QED) is 0.401. The number of nitrogens with zero attached hydrogens (tertiary/aromatic N) is 3. The summed E-state index contributed by atoms with van der Waals surface area (Å²) < 4.78 is 0. The molecule has 2 heterocycles. The lowest BCUT2D eigenvalue weighted by atomic mass is 10.1.